The van der Waals surface area contributed by atoms with E-state index in [0.717, 1.165) is 17.5 Å². The molecule has 2 unspecified atom stereocenters. The van der Waals surface area contributed by atoms with Gasteiger partial charge in [-0.3, -0.25) is 4.68 Å². The molecule has 0 aromatic carbocycles. The average molecular weight is 290 g/mol. The van der Waals surface area contributed by atoms with Crippen LogP contribution in [-0.4, -0.2) is 31.9 Å². The number of fused-ring (bicyclic) bond motifs is 1. The summed E-state index contributed by atoms with van der Waals surface area (Å²) < 4.78 is 1.68. The first-order chi connectivity index (χ1) is 9.86. The van der Waals surface area contributed by atoms with Gasteiger partial charge in [0, 0.05) is 19.3 Å². The van der Waals surface area contributed by atoms with Crippen molar-refractivity contribution in [1.82, 2.24) is 14.8 Å². The van der Waals surface area contributed by atoms with Gasteiger partial charge >= 0.3 is 5.97 Å². The number of aromatic carboxylic acids is 1. The third kappa shape index (κ3) is 2.70. The Morgan fingerprint density at radius 2 is 2.14 bits per heavy atom. The number of nitrogens with one attached hydrogen (secondary N) is 1. The van der Waals surface area contributed by atoms with Crippen molar-refractivity contribution in [3.05, 3.63) is 17.5 Å². The van der Waals surface area contributed by atoms with E-state index in [1.807, 2.05) is 14.0 Å². The van der Waals surface area contributed by atoms with Crippen molar-refractivity contribution in [2.75, 3.05) is 5.32 Å². The fourth-order valence-corrected chi connectivity index (χ4v) is 2.45. The van der Waals surface area contributed by atoms with Gasteiger partial charge in [-0.1, -0.05) is 20.3 Å². The third-order valence-corrected chi connectivity index (χ3v) is 4.13. The largest absolute Gasteiger partial charge is 0.478 e. The zero-order chi connectivity index (χ0) is 15.7. The number of pyridine rings is 1. The molecule has 21 heavy (non-hydrogen) atoms. The maximum atomic E-state index is 11.5. The Bertz CT molecular complexity index is 678. The van der Waals surface area contributed by atoms with Crippen molar-refractivity contribution in [2.24, 2.45) is 13.0 Å². The number of anilines is 1. The predicted octanol–water partition coefficient (Wildman–Crippen LogP) is 2.82. The number of carboxylic acids is 1. The lowest BCUT2D eigenvalue weighted by Crippen LogP contribution is -2.24. The first-order valence-electron chi connectivity index (χ1n) is 7.18. The molecule has 114 valence electrons. The second-order valence-electron chi connectivity index (χ2n) is 5.58. The van der Waals surface area contributed by atoms with Crippen LogP contribution in [0.15, 0.2) is 6.20 Å². The molecule has 2 rings (SSSR count). The topological polar surface area (TPSA) is 80.0 Å². The molecule has 6 heteroatoms. The summed E-state index contributed by atoms with van der Waals surface area (Å²) in [6, 6.07) is 0.165. The molecule has 0 aliphatic rings. The van der Waals surface area contributed by atoms with Crippen LogP contribution in [-0.2, 0) is 7.05 Å². The molecule has 0 bridgehead atoms. The molecule has 0 saturated carbocycles. The van der Waals surface area contributed by atoms with E-state index in [1.165, 1.54) is 6.20 Å². The fourth-order valence-electron chi connectivity index (χ4n) is 2.45. The van der Waals surface area contributed by atoms with E-state index in [0.29, 0.717) is 17.3 Å². The Morgan fingerprint density at radius 3 is 2.71 bits per heavy atom. The van der Waals surface area contributed by atoms with Crippen molar-refractivity contribution in [1.29, 1.82) is 0 Å². The first-order valence-corrected chi connectivity index (χ1v) is 7.18. The van der Waals surface area contributed by atoms with Gasteiger partial charge in [0.25, 0.3) is 0 Å². The maximum Gasteiger partial charge on any atom is 0.339 e. The van der Waals surface area contributed by atoms with E-state index in [2.05, 4.69) is 36.2 Å². The third-order valence-electron chi connectivity index (χ3n) is 4.13. The van der Waals surface area contributed by atoms with Crippen LogP contribution in [0, 0.1) is 12.8 Å². The van der Waals surface area contributed by atoms with E-state index in [1.54, 1.807) is 4.68 Å². The van der Waals surface area contributed by atoms with Gasteiger partial charge < -0.3 is 10.4 Å². The molecule has 0 aliphatic heterocycles. The van der Waals surface area contributed by atoms with Crippen LogP contribution in [0.25, 0.3) is 11.0 Å². The molecule has 0 amide bonds. The average Bonchev–Trinajstić information content (AvgIpc) is 2.73. The van der Waals surface area contributed by atoms with E-state index >= 15 is 0 Å². The summed E-state index contributed by atoms with van der Waals surface area (Å²) in [6.07, 6.45) is 2.42. The molecule has 0 aliphatic carbocycles. The van der Waals surface area contributed by atoms with Crippen molar-refractivity contribution >= 4 is 22.7 Å². The molecule has 2 heterocycles. The van der Waals surface area contributed by atoms with Gasteiger partial charge in [0.2, 0.25) is 0 Å². The summed E-state index contributed by atoms with van der Waals surface area (Å²) in [6.45, 7) is 8.21. The standard InChI is InChI=1S/C15H22N4O2/c1-6-8(2)9(3)17-13-11(15(20)21)7-16-14-12(13)10(4)18-19(14)5/h7-9H,6H2,1-5H3,(H,16,17)(H,20,21). The molecule has 0 saturated heterocycles. The molecular formula is C15H22N4O2. The number of carboxylic acid groups (broad SMARTS) is 1. The summed E-state index contributed by atoms with van der Waals surface area (Å²) in [5.74, 6) is -0.543. The monoisotopic (exact) mass is 290 g/mol. The van der Waals surface area contributed by atoms with Gasteiger partial charge in [0.05, 0.1) is 16.8 Å². The summed E-state index contributed by atoms with van der Waals surface area (Å²) in [5.41, 5.74) is 2.28. The Balaban J connectivity index is 2.62. The van der Waals surface area contributed by atoms with Gasteiger partial charge in [-0.05, 0) is 19.8 Å². The van der Waals surface area contributed by atoms with Gasteiger partial charge in [-0.2, -0.15) is 5.10 Å². The quantitative estimate of drug-likeness (QED) is 0.885. The van der Waals surface area contributed by atoms with E-state index in [-0.39, 0.29) is 11.6 Å². The minimum Gasteiger partial charge on any atom is -0.478 e. The van der Waals surface area contributed by atoms with Crippen LogP contribution in [0.3, 0.4) is 0 Å². The summed E-state index contributed by atoms with van der Waals surface area (Å²) in [5, 5.41) is 17.9. The lowest BCUT2D eigenvalue weighted by atomic mass is 9.99. The van der Waals surface area contributed by atoms with Gasteiger partial charge in [-0.25, -0.2) is 9.78 Å². The minimum absolute atomic E-state index is 0.165. The smallest absolute Gasteiger partial charge is 0.339 e. The molecule has 0 spiro atoms. The van der Waals surface area contributed by atoms with Gasteiger partial charge in [-0.15, -0.1) is 0 Å². The summed E-state index contributed by atoms with van der Waals surface area (Å²) in [4.78, 5) is 15.7. The zero-order valence-electron chi connectivity index (χ0n) is 13.1. The number of rotatable bonds is 5. The number of nitrogens with zero attached hydrogens (tertiary/aromatic N) is 3. The fraction of sp³-hybridized carbons (Fsp3) is 0.533. The van der Waals surface area contributed by atoms with Crippen LogP contribution in [0.2, 0.25) is 0 Å². The van der Waals surface area contributed by atoms with E-state index < -0.39 is 5.97 Å². The zero-order valence-corrected chi connectivity index (χ0v) is 13.1. The number of carbonyl (C=O) groups is 1. The number of hydrogen-bond donors (Lipinski definition) is 2. The van der Waals surface area contributed by atoms with Crippen LogP contribution >= 0.6 is 0 Å². The second-order valence-corrected chi connectivity index (χ2v) is 5.58. The molecule has 6 nitrogen and oxygen atoms in total. The van der Waals surface area contributed by atoms with Crippen molar-refractivity contribution in [3.63, 3.8) is 0 Å². The van der Waals surface area contributed by atoms with Crippen LogP contribution < -0.4 is 5.32 Å². The molecular weight excluding hydrogens is 268 g/mol. The van der Waals surface area contributed by atoms with Crippen molar-refractivity contribution in [3.8, 4) is 0 Å². The predicted molar refractivity (Wildman–Crippen MR) is 82.7 cm³/mol. The minimum atomic E-state index is -0.980. The van der Waals surface area contributed by atoms with Gasteiger partial charge in [0.15, 0.2) is 5.65 Å². The number of aromatic nitrogens is 3. The van der Waals surface area contributed by atoms with E-state index in [4.69, 9.17) is 0 Å². The Kier molecular flexibility index (Phi) is 4.16. The first kappa shape index (κ1) is 15.3. The Labute approximate surface area is 124 Å². The lowest BCUT2D eigenvalue weighted by molar-refractivity contribution is 0.0697. The van der Waals surface area contributed by atoms with Crippen LogP contribution in [0.1, 0.15) is 43.2 Å². The highest BCUT2D eigenvalue weighted by atomic mass is 16.4. The van der Waals surface area contributed by atoms with Crippen LogP contribution in [0.5, 0.6) is 0 Å². The molecule has 2 atom stereocenters. The molecule has 0 fully saturated rings. The Morgan fingerprint density at radius 1 is 1.48 bits per heavy atom. The lowest BCUT2D eigenvalue weighted by Gasteiger charge is -2.22. The second kappa shape index (κ2) is 5.71. The highest BCUT2D eigenvalue weighted by Gasteiger charge is 2.21. The van der Waals surface area contributed by atoms with Crippen molar-refractivity contribution in [2.45, 2.75) is 40.2 Å². The summed E-state index contributed by atoms with van der Waals surface area (Å²) in [7, 11) is 1.81. The highest BCUT2D eigenvalue weighted by molar-refractivity contribution is 6.04. The van der Waals surface area contributed by atoms with Crippen LogP contribution in [0.4, 0.5) is 5.69 Å². The maximum absolute atomic E-state index is 11.5. The molecule has 2 aromatic heterocycles. The number of aryl methyl sites for hydroxylation is 2. The highest BCUT2D eigenvalue weighted by Crippen LogP contribution is 2.30. The molecule has 0 radical (unpaired) electrons. The SMILES string of the molecule is CCC(C)C(C)Nc1c(C(=O)O)cnc2c1c(C)nn2C. The Hall–Kier alpha value is -2.11. The molecule has 2 aromatic rings. The number of hydrogen-bond acceptors (Lipinski definition) is 4. The van der Waals surface area contributed by atoms with E-state index in [9.17, 15) is 9.90 Å². The normalized spacial score (nSPS) is 14.1. The summed E-state index contributed by atoms with van der Waals surface area (Å²) >= 11 is 0. The van der Waals surface area contributed by atoms with Crippen molar-refractivity contribution < 1.29 is 9.90 Å². The molecule has 2 N–H and O–H groups in total. The van der Waals surface area contributed by atoms with Gasteiger partial charge in [0.1, 0.15) is 5.56 Å².